The number of benzene rings is 2. The van der Waals surface area contributed by atoms with Gasteiger partial charge < -0.3 is 5.11 Å². The van der Waals surface area contributed by atoms with E-state index in [1.165, 1.54) is 0 Å². The van der Waals surface area contributed by atoms with Crippen molar-refractivity contribution in [3.05, 3.63) is 65.2 Å². The topological polar surface area (TPSA) is 113 Å². The van der Waals surface area contributed by atoms with E-state index in [2.05, 4.69) is 9.44 Å². The van der Waals surface area contributed by atoms with Gasteiger partial charge in [-0.3, -0.25) is 0 Å². The maximum atomic E-state index is 12.7. The van der Waals surface area contributed by atoms with Gasteiger partial charge in [-0.15, -0.1) is 0 Å². The van der Waals surface area contributed by atoms with Gasteiger partial charge in [0.1, 0.15) is 0 Å². The lowest BCUT2D eigenvalue weighted by Crippen LogP contribution is -2.38. The Morgan fingerprint density at radius 2 is 1.49 bits per heavy atom. The van der Waals surface area contributed by atoms with Crippen molar-refractivity contribution < 1.29 is 35.1 Å². The van der Waals surface area contributed by atoms with Crippen LogP contribution in [0.3, 0.4) is 0 Å². The van der Waals surface area contributed by atoms with Crippen LogP contribution in [0.5, 0.6) is 0 Å². The van der Waals surface area contributed by atoms with Crippen LogP contribution in [0.2, 0.25) is 0 Å². The molecular formula is C27H37F3N2O5S2. The quantitative estimate of drug-likeness (QED) is 0.355. The molecule has 39 heavy (non-hydrogen) atoms. The van der Waals surface area contributed by atoms with Crippen molar-refractivity contribution in [2.75, 3.05) is 13.1 Å². The highest BCUT2D eigenvalue weighted by Crippen LogP contribution is 2.42. The van der Waals surface area contributed by atoms with E-state index in [0.717, 1.165) is 48.2 Å². The van der Waals surface area contributed by atoms with Gasteiger partial charge in [0.05, 0.1) is 21.3 Å². The van der Waals surface area contributed by atoms with E-state index in [9.17, 15) is 35.1 Å². The van der Waals surface area contributed by atoms with Gasteiger partial charge in [-0.1, -0.05) is 31.2 Å². The summed E-state index contributed by atoms with van der Waals surface area (Å²) in [5, 5.41) is 10.8. The molecule has 3 N–H and O–H groups in total. The summed E-state index contributed by atoms with van der Waals surface area (Å²) in [6, 6.07) is 10.7. The van der Waals surface area contributed by atoms with E-state index in [4.69, 9.17) is 0 Å². The van der Waals surface area contributed by atoms with Gasteiger partial charge in [0.2, 0.25) is 20.0 Å². The third kappa shape index (κ3) is 8.26. The Labute approximate surface area is 229 Å². The van der Waals surface area contributed by atoms with Crippen LogP contribution in [-0.2, 0) is 38.2 Å². The van der Waals surface area contributed by atoms with Gasteiger partial charge in [0.15, 0.2) is 0 Å². The van der Waals surface area contributed by atoms with Crippen molar-refractivity contribution in [2.45, 2.75) is 74.8 Å². The molecule has 0 radical (unpaired) electrons. The highest BCUT2D eigenvalue weighted by atomic mass is 32.2. The Morgan fingerprint density at radius 3 is 2.00 bits per heavy atom. The maximum absolute atomic E-state index is 12.7. The van der Waals surface area contributed by atoms with Crippen LogP contribution < -0.4 is 9.44 Å². The van der Waals surface area contributed by atoms with Crippen LogP contribution in [-0.4, -0.2) is 40.3 Å². The summed E-state index contributed by atoms with van der Waals surface area (Å²) < 4.78 is 92.1. The summed E-state index contributed by atoms with van der Waals surface area (Å²) in [7, 11) is -7.26. The van der Waals surface area contributed by atoms with Crippen molar-refractivity contribution in [1.82, 2.24) is 9.44 Å². The molecule has 3 rings (SSSR count). The largest absolute Gasteiger partial charge is 0.416 e. The number of halogens is 3. The van der Waals surface area contributed by atoms with E-state index in [0.29, 0.717) is 31.7 Å². The molecule has 2 aromatic rings. The minimum absolute atomic E-state index is 0.0626. The maximum Gasteiger partial charge on any atom is 0.416 e. The molecule has 0 spiro atoms. The second-order valence-electron chi connectivity index (χ2n) is 10.7. The zero-order valence-electron chi connectivity index (χ0n) is 22.3. The molecule has 0 amide bonds. The van der Waals surface area contributed by atoms with Crippen molar-refractivity contribution in [3.8, 4) is 0 Å². The average Bonchev–Trinajstić information content (AvgIpc) is 2.87. The van der Waals surface area contributed by atoms with Crippen LogP contribution in [0.4, 0.5) is 13.2 Å². The van der Waals surface area contributed by atoms with Gasteiger partial charge >= 0.3 is 6.18 Å². The number of nitrogens with one attached hydrogen (secondary N) is 2. The van der Waals surface area contributed by atoms with Crippen LogP contribution in [0.1, 0.15) is 63.1 Å². The second kappa shape index (κ2) is 12.3. The minimum atomic E-state index is -4.54. The monoisotopic (exact) mass is 590 g/mol. The smallest absolute Gasteiger partial charge is 0.385 e. The Kier molecular flexibility index (Phi) is 9.91. The summed E-state index contributed by atoms with van der Waals surface area (Å²) in [5.41, 5.74) is -0.267. The lowest BCUT2D eigenvalue weighted by Gasteiger charge is -2.38. The molecule has 0 aliphatic heterocycles. The fraction of sp³-hybridized carbons (Fsp3) is 0.556. The molecule has 0 heterocycles. The van der Waals surface area contributed by atoms with Gasteiger partial charge in [-0.25, -0.2) is 26.3 Å². The van der Waals surface area contributed by atoms with Gasteiger partial charge in [-0.05, 0) is 93.2 Å². The first-order valence-corrected chi connectivity index (χ1v) is 16.0. The fourth-order valence-corrected chi connectivity index (χ4v) is 6.63. The Bertz CT molecular complexity index is 1300. The van der Waals surface area contributed by atoms with E-state index in [1.807, 2.05) is 31.2 Å². The third-order valence-corrected chi connectivity index (χ3v) is 10.9. The summed E-state index contributed by atoms with van der Waals surface area (Å²) in [4.78, 5) is -0.240. The highest BCUT2D eigenvalue weighted by Gasteiger charge is 2.36. The van der Waals surface area contributed by atoms with E-state index in [-0.39, 0.29) is 17.4 Å². The van der Waals surface area contributed by atoms with Crippen molar-refractivity contribution in [1.29, 1.82) is 0 Å². The van der Waals surface area contributed by atoms with Gasteiger partial charge in [0.25, 0.3) is 0 Å². The number of aliphatic hydroxyl groups is 1. The van der Waals surface area contributed by atoms with Gasteiger partial charge in [0, 0.05) is 13.1 Å². The molecule has 1 atom stereocenters. The first-order chi connectivity index (χ1) is 18.0. The second-order valence-corrected chi connectivity index (χ2v) is 14.7. The van der Waals surface area contributed by atoms with Crippen molar-refractivity contribution in [3.63, 3.8) is 0 Å². The number of alkyl halides is 3. The number of hydrogen-bond acceptors (Lipinski definition) is 5. The molecule has 1 aliphatic rings. The molecule has 12 heteroatoms. The lowest BCUT2D eigenvalue weighted by atomic mass is 9.71. The molecule has 1 unspecified atom stereocenters. The molecule has 1 saturated carbocycles. The summed E-state index contributed by atoms with van der Waals surface area (Å²) in [6.45, 7) is 5.74. The lowest BCUT2D eigenvalue weighted by molar-refractivity contribution is -0.137. The van der Waals surface area contributed by atoms with Crippen LogP contribution in [0, 0.1) is 11.8 Å². The van der Waals surface area contributed by atoms with Crippen LogP contribution in [0.15, 0.2) is 53.4 Å². The first-order valence-electron chi connectivity index (χ1n) is 13.0. The number of sulfonamides is 2. The minimum Gasteiger partial charge on any atom is -0.385 e. The predicted molar refractivity (Wildman–Crippen MR) is 144 cm³/mol. The van der Waals surface area contributed by atoms with Gasteiger partial charge in [-0.2, -0.15) is 13.2 Å². The molecule has 0 aromatic heterocycles. The normalized spacial score (nSPS) is 21.7. The first kappa shape index (κ1) is 31.5. The number of hydrogen-bond donors (Lipinski definition) is 3. The molecule has 1 aliphatic carbocycles. The standard InChI is InChI=1S/C27H37F3N2O5S2/c1-19(2)38(34,35)32-18-20(3)22-12-15-26(33,16-13-22)23-6-4-21(5-7-23)14-17-31-39(36,37)25-10-8-24(9-11-25)27(28,29)30/h4-11,19-20,22,31-33H,12-18H2,1-3H3. The Balaban J connectivity index is 1.50. The highest BCUT2D eigenvalue weighted by molar-refractivity contribution is 7.90. The summed E-state index contributed by atoms with van der Waals surface area (Å²) >= 11 is 0. The predicted octanol–water partition coefficient (Wildman–Crippen LogP) is 4.57. The molecule has 0 saturated heterocycles. The Morgan fingerprint density at radius 1 is 0.923 bits per heavy atom. The average molecular weight is 591 g/mol. The van der Waals surface area contributed by atoms with E-state index in [1.54, 1.807) is 13.8 Å². The van der Waals surface area contributed by atoms with Crippen molar-refractivity contribution in [2.24, 2.45) is 11.8 Å². The molecule has 1 fully saturated rings. The molecule has 7 nitrogen and oxygen atoms in total. The fourth-order valence-electron chi connectivity index (χ4n) is 4.77. The SMILES string of the molecule is CC(CNS(=O)(=O)C(C)C)C1CCC(O)(c2ccc(CCNS(=O)(=O)c3ccc(C(F)(F)F)cc3)cc2)CC1. The molecular weight excluding hydrogens is 553 g/mol. The molecule has 218 valence electrons. The van der Waals surface area contributed by atoms with E-state index >= 15 is 0 Å². The Hall–Kier alpha value is -1.99. The zero-order chi connectivity index (χ0) is 29.1. The summed E-state index contributed by atoms with van der Waals surface area (Å²) in [6.07, 6.45) is -1.51. The van der Waals surface area contributed by atoms with Crippen LogP contribution in [0.25, 0.3) is 0 Å². The van der Waals surface area contributed by atoms with Crippen LogP contribution >= 0.6 is 0 Å². The molecule has 0 bridgehead atoms. The summed E-state index contributed by atoms with van der Waals surface area (Å²) in [5.74, 6) is 0.453. The van der Waals surface area contributed by atoms with E-state index < -0.39 is 42.6 Å². The molecule has 2 aromatic carbocycles. The zero-order valence-corrected chi connectivity index (χ0v) is 24.0. The number of rotatable bonds is 11. The third-order valence-electron chi connectivity index (χ3n) is 7.58. The van der Waals surface area contributed by atoms with Crippen molar-refractivity contribution >= 4 is 20.0 Å².